The highest BCUT2D eigenvalue weighted by Gasteiger charge is 2.49. The van der Waals surface area contributed by atoms with Gasteiger partial charge in [0.05, 0.1) is 17.5 Å². The number of hydrogen-bond donors (Lipinski definition) is 0. The van der Waals surface area contributed by atoms with E-state index in [1.165, 1.54) is 11.8 Å². The Hall–Kier alpha value is -2.03. The van der Waals surface area contributed by atoms with E-state index in [1.807, 2.05) is 36.9 Å². The third-order valence-electron chi connectivity index (χ3n) is 5.23. The van der Waals surface area contributed by atoms with Crippen LogP contribution in [-0.4, -0.2) is 48.9 Å². The lowest BCUT2D eigenvalue weighted by atomic mass is 10.1. The standard InChI is InChI=1S/C21H21ClN2O4S2/c1-13-3-6-16(9-14(13)2)24-18-11-30(26,27)12-19(18)29-21(24)23-20(25)10-28-17-7-4-15(22)5-8-17/h3-9,18-19H,10-12H2,1-2H3/t18-,19+/m1/s1. The zero-order valence-corrected chi connectivity index (χ0v) is 18.9. The summed E-state index contributed by atoms with van der Waals surface area (Å²) in [5.74, 6) is 0.259. The van der Waals surface area contributed by atoms with Crippen LogP contribution in [0.3, 0.4) is 0 Å². The van der Waals surface area contributed by atoms with E-state index in [4.69, 9.17) is 16.3 Å². The average molecular weight is 465 g/mol. The Kier molecular flexibility index (Phi) is 5.83. The lowest BCUT2D eigenvalue weighted by molar-refractivity contribution is -0.119. The fourth-order valence-electron chi connectivity index (χ4n) is 3.56. The molecule has 30 heavy (non-hydrogen) atoms. The molecule has 158 valence electrons. The van der Waals surface area contributed by atoms with Crippen molar-refractivity contribution in [3.63, 3.8) is 0 Å². The number of ether oxygens (including phenoxy) is 1. The zero-order chi connectivity index (χ0) is 21.5. The number of carbonyl (C=O) groups is 1. The van der Waals surface area contributed by atoms with Crippen molar-refractivity contribution in [3.8, 4) is 5.75 Å². The maximum atomic E-state index is 12.5. The van der Waals surface area contributed by atoms with Gasteiger partial charge in [0, 0.05) is 16.0 Å². The van der Waals surface area contributed by atoms with E-state index in [0.717, 1.165) is 16.8 Å². The molecule has 2 aromatic carbocycles. The van der Waals surface area contributed by atoms with E-state index in [0.29, 0.717) is 15.9 Å². The number of fused-ring (bicyclic) bond motifs is 1. The van der Waals surface area contributed by atoms with E-state index in [-0.39, 0.29) is 29.4 Å². The lowest BCUT2D eigenvalue weighted by Crippen LogP contribution is -2.38. The first-order chi connectivity index (χ1) is 14.2. The van der Waals surface area contributed by atoms with Crippen molar-refractivity contribution in [2.75, 3.05) is 23.0 Å². The molecule has 2 aliphatic rings. The van der Waals surface area contributed by atoms with Crippen LogP contribution in [0.4, 0.5) is 5.69 Å². The van der Waals surface area contributed by atoms with Crippen molar-refractivity contribution in [2.24, 2.45) is 4.99 Å². The van der Waals surface area contributed by atoms with E-state index in [9.17, 15) is 13.2 Å². The highest BCUT2D eigenvalue weighted by molar-refractivity contribution is 8.16. The largest absolute Gasteiger partial charge is 0.484 e. The van der Waals surface area contributed by atoms with Crippen LogP contribution in [-0.2, 0) is 14.6 Å². The zero-order valence-electron chi connectivity index (χ0n) is 16.5. The maximum Gasteiger partial charge on any atom is 0.285 e. The van der Waals surface area contributed by atoms with Crippen LogP contribution in [0.5, 0.6) is 5.75 Å². The molecule has 0 aliphatic carbocycles. The summed E-state index contributed by atoms with van der Waals surface area (Å²) in [6.45, 7) is 3.82. The van der Waals surface area contributed by atoms with Crippen LogP contribution < -0.4 is 9.64 Å². The number of sulfone groups is 1. The van der Waals surface area contributed by atoms with Crippen LogP contribution >= 0.6 is 23.4 Å². The monoisotopic (exact) mass is 464 g/mol. The minimum atomic E-state index is -3.10. The topological polar surface area (TPSA) is 76.0 Å². The van der Waals surface area contributed by atoms with Gasteiger partial charge in [0.2, 0.25) is 0 Å². The van der Waals surface area contributed by atoms with Gasteiger partial charge < -0.3 is 9.64 Å². The van der Waals surface area contributed by atoms with E-state index in [2.05, 4.69) is 4.99 Å². The molecule has 0 radical (unpaired) electrons. The molecule has 2 saturated heterocycles. The summed E-state index contributed by atoms with van der Waals surface area (Å²) in [5.41, 5.74) is 3.09. The molecule has 0 saturated carbocycles. The number of aryl methyl sites for hydroxylation is 2. The number of amides is 1. The Morgan fingerprint density at radius 1 is 1.17 bits per heavy atom. The van der Waals surface area contributed by atoms with Gasteiger partial charge in [0.25, 0.3) is 5.91 Å². The third-order valence-corrected chi connectivity index (χ3v) is 8.69. The Bertz CT molecular complexity index is 1120. The fraction of sp³-hybridized carbons (Fsp3) is 0.333. The lowest BCUT2D eigenvalue weighted by Gasteiger charge is -2.25. The van der Waals surface area contributed by atoms with Crippen LogP contribution in [0.2, 0.25) is 5.02 Å². The van der Waals surface area contributed by atoms with Gasteiger partial charge in [-0.25, -0.2) is 8.42 Å². The van der Waals surface area contributed by atoms with Crippen molar-refractivity contribution in [1.29, 1.82) is 0 Å². The number of aliphatic imine (C=N–C) groups is 1. The first-order valence-electron chi connectivity index (χ1n) is 9.45. The second-order valence-electron chi connectivity index (χ2n) is 7.47. The molecule has 2 fully saturated rings. The minimum Gasteiger partial charge on any atom is -0.484 e. The number of nitrogens with zero attached hydrogens (tertiary/aromatic N) is 2. The number of carbonyl (C=O) groups excluding carboxylic acids is 1. The summed E-state index contributed by atoms with van der Waals surface area (Å²) >= 11 is 7.21. The predicted molar refractivity (Wildman–Crippen MR) is 122 cm³/mol. The first kappa shape index (κ1) is 21.2. The second-order valence-corrected chi connectivity index (χ2v) is 11.3. The number of rotatable bonds is 4. The van der Waals surface area contributed by atoms with Gasteiger partial charge >= 0.3 is 0 Å². The van der Waals surface area contributed by atoms with Crippen molar-refractivity contribution in [3.05, 3.63) is 58.6 Å². The van der Waals surface area contributed by atoms with Gasteiger partial charge in [-0.1, -0.05) is 29.4 Å². The Labute approximate surface area is 185 Å². The molecule has 1 amide bonds. The number of amidine groups is 1. The van der Waals surface area contributed by atoms with Crippen molar-refractivity contribution in [2.45, 2.75) is 25.1 Å². The SMILES string of the molecule is Cc1ccc(N2C(=NC(=O)COc3ccc(Cl)cc3)S[C@H]3CS(=O)(=O)C[C@H]32)cc1C. The molecule has 6 nitrogen and oxygen atoms in total. The Morgan fingerprint density at radius 3 is 2.60 bits per heavy atom. The number of anilines is 1. The molecule has 0 spiro atoms. The van der Waals surface area contributed by atoms with Crippen LogP contribution in [0.15, 0.2) is 47.5 Å². The summed E-state index contributed by atoms with van der Waals surface area (Å²) in [5, 5.41) is 0.968. The number of hydrogen-bond acceptors (Lipinski definition) is 5. The van der Waals surface area contributed by atoms with E-state index < -0.39 is 15.7 Å². The maximum absolute atomic E-state index is 12.5. The molecule has 2 heterocycles. The van der Waals surface area contributed by atoms with Gasteiger partial charge in [-0.05, 0) is 61.4 Å². The molecule has 0 aromatic heterocycles. The van der Waals surface area contributed by atoms with E-state index >= 15 is 0 Å². The fourth-order valence-corrected chi connectivity index (χ4v) is 7.61. The van der Waals surface area contributed by atoms with Gasteiger partial charge in [-0.2, -0.15) is 4.99 Å². The quantitative estimate of drug-likeness (QED) is 0.687. The first-order valence-corrected chi connectivity index (χ1v) is 12.5. The molecule has 2 atom stereocenters. The molecule has 0 unspecified atom stereocenters. The Morgan fingerprint density at radius 2 is 1.90 bits per heavy atom. The van der Waals surface area contributed by atoms with Crippen LogP contribution in [0.25, 0.3) is 0 Å². The highest BCUT2D eigenvalue weighted by Crippen LogP contribution is 2.41. The van der Waals surface area contributed by atoms with Gasteiger partial charge in [-0.3, -0.25) is 4.79 Å². The van der Waals surface area contributed by atoms with Crippen molar-refractivity contribution >= 4 is 50.0 Å². The molecule has 0 bridgehead atoms. The normalized spacial score (nSPS) is 23.6. The molecule has 2 aromatic rings. The molecular formula is C21H21ClN2O4S2. The summed E-state index contributed by atoms with van der Waals surface area (Å²) in [6, 6.07) is 12.5. The van der Waals surface area contributed by atoms with Gasteiger partial charge in [-0.15, -0.1) is 0 Å². The smallest absolute Gasteiger partial charge is 0.285 e. The van der Waals surface area contributed by atoms with Crippen molar-refractivity contribution in [1.82, 2.24) is 0 Å². The molecular weight excluding hydrogens is 444 g/mol. The van der Waals surface area contributed by atoms with Gasteiger partial charge in [0.15, 0.2) is 21.6 Å². The highest BCUT2D eigenvalue weighted by atomic mass is 35.5. The second kappa shape index (κ2) is 8.24. The number of benzene rings is 2. The van der Waals surface area contributed by atoms with Crippen molar-refractivity contribution < 1.29 is 17.9 Å². The summed E-state index contributed by atoms with van der Waals surface area (Å²) in [4.78, 5) is 18.7. The van der Waals surface area contributed by atoms with E-state index in [1.54, 1.807) is 24.3 Å². The molecule has 4 rings (SSSR count). The molecule has 9 heteroatoms. The average Bonchev–Trinajstić information content (AvgIpc) is 3.14. The summed E-state index contributed by atoms with van der Waals surface area (Å²) in [7, 11) is -3.10. The third kappa shape index (κ3) is 4.50. The van der Waals surface area contributed by atoms with Gasteiger partial charge in [0.1, 0.15) is 5.75 Å². The van der Waals surface area contributed by atoms with Crippen LogP contribution in [0.1, 0.15) is 11.1 Å². The van der Waals surface area contributed by atoms with Crippen LogP contribution in [0, 0.1) is 13.8 Å². The summed E-state index contributed by atoms with van der Waals surface area (Å²) in [6.07, 6.45) is 0. The Balaban J connectivity index is 1.57. The summed E-state index contributed by atoms with van der Waals surface area (Å²) < 4.78 is 29.9. The minimum absolute atomic E-state index is 0.0616. The molecule has 2 aliphatic heterocycles. The molecule has 0 N–H and O–H groups in total. The predicted octanol–water partition coefficient (Wildman–Crippen LogP) is 3.64. The number of halogens is 1. The number of thioether (sulfide) groups is 1.